The third-order valence-electron chi connectivity index (χ3n) is 4.15. The number of rotatable bonds is 4. The van der Waals surface area contributed by atoms with Crippen molar-refractivity contribution >= 4 is 22.8 Å². The summed E-state index contributed by atoms with van der Waals surface area (Å²) in [5.74, 6) is 0.936. The summed E-state index contributed by atoms with van der Waals surface area (Å²) in [6, 6.07) is 17.1. The Labute approximate surface area is 145 Å². The summed E-state index contributed by atoms with van der Waals surface area (Å²) in [7, 11) is 0. The van der Waals surface area contributed by atoms with Crippen LogP contribution in [0.5, 0.6) is 0 Å². The Morgan fingerprint density at radius 3 is 2.71 bits per heavy atom. The molecule has 0 bridgehead atoms. The van der Waals surface area contributed by atoms with E-state index in [0.29, 0.717) is 0 Å². The number of nitrogens with one attached hydrogen (secondary N) is 1. The number of benzene rings is 2. The van der Waals surface area contributed by atoms with Crippen LogP contribution in [0.15, 0.2) is 66.1 Å². The van der Waals surface area contributed by atoms with E-state index in [1.54, 1.807) is 11.8 Å². The molecule has 4 aromatic rings. The Morgan fingerprint density at radius 2 is 1.92 bits per heavy atom. The Balaban J connectivity index is 1.91. The Kier molecular flexibility index (Phi) is 3.86. The van der Waals surface area contributed by atoms with Crippen LogP contribution in [0.2, 0.25) is 0 Å². The summed E-state index contributed by atoms with van der Waals surface area (Å²) < 4.78 is 2.23. The van der Waals surface area contributed by atoms with E-state index in [-0.39, 0.29) is 6.04 Å². The summed E-state index contributed by atoms with van der Waals surface area (Å²) in [4.78, 5) is 12.3. The average molecular weight is 334 g/mol. The molecular weight excluding hydrogens is 316 g/mol. The number of imidazole rings is 2. The highest BCUT2D eigenvalue weighted by Crippen LogP contribution is 2.31. The minimum atomic E-state index is 0.0872. The lowest BCUT2D eigenvalue weighted by Crippen LogP contribution is -2.12. The van der Waals surface area contributed by atoms with Crippen molar-refractivity contribution < 1.29 is 0 Å². The van der Waals surface area contributed by atoms with Crippen LogP contribution in [0.4, 0.5) is 0 Å². The van der Waals surface area contributed by atoms with Gasteiger partial charge in [0.1, 0.15) is 5.82 Å². The number of hydrogen-bond donors (Lipinski definition) is 1. The summed E-state index contributed by atoms with van der Waals surface area (Å²) in [6.07, 6.45) is 5.97. The summed E-state index contributed by atoms with van der Waals surface area (Å²) in [6.45, 7) is 1.98. The quantitative estimate of drug-likeness (QED) is 0.562. The van der Waals surface area contributed by atoms with Crippen molar-refractivity contribution in [2.45, 2.75) is 18.1 Å². The minimum absolute atomic E-state index is 0.0872. The van der Waals surface area contributed by atoms with Gasteiger partial charge in [-0.25, -0.2) is 9.97 Å². The van der Waals surface area contributed by atoms with Gasteiger partial charge in [-0.15, -0.1) is 0 Å². The molecule has 0 saturated heterocycles. The predicted octanol–water partition coefficient (Wildman–Crippen LogP) is 4.43. The van der Waals surface area contributed by atoms with Crippen molar-refractivity contribution in [2.75, 3.05) is 6.26 Å². The van der Waals surface area contributed by atoms with Crippen LogP contribution in [0.1, 0.15) is 23.0 Å². The molecule has 0 aliphatic heterocycles. The molecular formula is C19H18N4S. The summed E-state index contributed by atoms with van der Waals surface area (Å²) in [5.41, 5.74) is 4.52. The van der Waals surface area contributed by atoms with Crippen molar-refractivity contribution in [1.29, 1.82) is 0 Å². The van der Waals surface area contributed by atoms with Crippen LogP contribution in [0, 0.1) is 6.92 Å². The van der Waals surface area contributed by atoms with Gasteiger partial charge in [0.05, 0.1) is 17.1 Å². The van der Waals surface area contributed by atoms with E-state index in [1.807, 2.05) is 25.4 Å². The topological polar surface area (TPSA) is 46.5 Å². The second kappa shape index (κ2) is 6.17. The molecule has 0 spiro atoms. The van der Waals surface area contributed by atoms with E-state index in [4.69, 9.17) is 0 Å². The molecule has 2 aromatic heterocycles. The number of nitrogens with zero attached hydrogens (tertiary/aromatic N) is 3. The maximum Gasteiger partial charge on any atom is 0.168 e. The molecule has 2 heterocycles. The fourth-order valence-corrected chi connectivity index (χ4v) is 3.67. The number of thioether (sulfide) groups is 1. The molecule has 5 heteroatoms. The molecule has 24 heavy (non-hydrogen) atoms. The van der Waals surface area contributed by atoms with Gasteiger partial charge in [0, 0.05) is 12.4 Å². The second-order valence-electron chi connectivity index (χ2n) is 5.73. The number of aromatic nitrogens is 4. The first-order valence-corrected chi connectivity index (χ1v) is 9.07. The minimum Gasteiger partial charge on any atom is -0.342 e. The molecule has 0 radical (unpaired) electrons. The normalized spacial score (nSPS) is 12.6. The first-order chi connectivity index (χ1) is 11.8. The van der Waals surface area contributed by atoms with Gasteiger partial charge in [-0.05, 0) is 36.4 Å². The number of aromatic amines is 1. The van der Waals surface area contributed by atoms with Gasteiger partial charge in [-0.1, -0.05) is 48.2 Å². The lowest BCUT2D eigenvalue weighted by atomic mass is 9.98. The number of hydrogen-bond acceptors (Lipinski definition) is 3. The van der Waals surface area contributed by atoms with Crippen molar-refractivity contribution in [2.24, 2.45) is 0 Å². The Bertz CT molecular complexity index is 971. The number of aryl methyl sites for hydroxylation is 1. The van der Waals surface area contributed by atoms with Gasteiger partial charge in [0.25, 0.3) is 0 Å². The number of fused-ring (bicyclic) bond motifs is 1. The third kappa shape index (κ3) is 2.61. The smallest absolute Gasteiger partial charge is 0.168 e. The highest BCUT2D eigenvalue weighted by molar-refractivity contribution is 7.98. The van der Waals surface area contributed by atoms with Crippen molar-refractivity contribution in [3.63, 3.8) is 0 Å². The van der Waals surface area contributed by atoms with Crippen molar-refractivity contribution in [1.82, 2.24) is 19.5 Å². The van der Waals surface area contributed by atoms with Gasteiger partial charge < -0.3 is 9.55 Å². The molecule has 1 unspecified atom stereocenters. The molecule has 4 nitrogen and oxygen atoms in total. The van der Waals surface area contributed by atoms with Crippen LogP contribution in [0.25, 0.3) is 11.0 Å². The molecule has 4 rings (SSSR count). The fourth-order valence-electron chi connectivity index (χ4n) is 3.13. The molecule has 0 amide bonds. The van der Waals surface area contributed by atoms with Crippen LogP contribution in [0.3, 0.4) is 0 Å². The zero-order chi connectivity index (χ0) is 16.5. The van der Waals surface area contributed by atoms with Crippen LogP contribution < -0.4 is 0 Å². The van der Waals surface area contributed by atoms with E-state index >= 15 is 0 Å². The van der Waals surface area contributed by atoms with Gasteiger partial charge in [-0.2, -0.15) is 0 Å². The lowest BCUT2D eigenvalue weighted by Gasteiger charge is -2.21. The highest BCUT2D eigenvalue weighted by atomic mass is 32.2. The molecule has 120 valence electrons. The van der Waals surface area contributed by atoms with E-state index in [2.05, 4.69) is 68.2 Å². The molecule has 0 saturated carbocycles. The largest absolute Gasteiger partial charge is 0.342 e. The molecule has 1 N–H and O–H groups in total. The third-order valence-corrected chi connectivity index (χ3v) is 4.83. The monoisotopic (exact) mass is 334 g/mol. The van der Waals surface area contributed by atoms with Crippen molar-refractivity contribution in [3.05, 3.63) is 77.9 Å². The predicted molar refractivity (Wildman–Crippen MR) is 98.5 cm³/mol. The van der Waals surface area contributed by atoms with Gasteiger partial charge in [0.2, 0.25) is 0 Å². The summed E-state index contributed by atoms with van der Waals surface area (Å²) in [5, 5.41) is 1.00. The highest BCUT2D eigenvalue weighted by Gasteiger charge is 2.19. The second-order valence-corrected chi connectivity index (χ2v) is 6.51. The Morgan fingerprint density at radius 1 is 1.08 bits per heavy atom. The molecule has 0 fully saturated rings. The van der Waals surface area contributed by atoms with E-state index < -0.39 is 0 Å². The van der Waals surface area contributed by atoms with Crippen LogP contribution in [-0.2, 0) is 0 Å². The maximum atomic E-state index is 4.50. The van der Waals surface area contributed by atoms with Crippen LogP contribution >= 0.6 is 11.8 Å². The zero-order valence-corrected chi connectivity index (χ0v) is 14.4. The maximum absolute atomic E-state index is 4.50. The van der Waals surface area contributed by atoms with Crippen LogP contribution in [-0.4, -0.2) is 25.8 Å². The fraction of sp³-hybridized carbons (Fsp3) is 0.158. The van der Waals surface area contributed by atoms with E-state index in [0.717, 1.165) is 22.0 Å². The molecule has 0 aliphatic rings. The summed E-state index contributed by atoms with van der Waals surface area (Å²) >= 11 is 1.66. The average Bonchev–Trinajstić information content (AvgIpc) is 3.21. The first-order valence-electron chi connectivity index (χ1n) is 7.84. The molecule has 0 aliphatic carbocycles. The standard InChI is InChI=1S/C19H18N4S/c1-13-21-16-9-8-15(12-17(16)22-13)18(14-6-4-3-5-7-14)23-11-10-20-19(23)24-2/h3-12,18H,1-2H3,(H,21,22). The number of H-pyrrole nitrogens is 1. The molecule has 2 aromatic carbocycles. The lowest BCUT2D eigenvalue weighted by molar-refractivity contribution is 0.616. The van der Waals surface area contributed by atoms with E-state index in [1.165, 1.54) is 11.1 Å². The van der Waals surface area contributed by atoms with E-state index in [9.17, 15) is 0 Å². The molecule has 1 atom stereocenters. The van der Waals surface area contributed by atoms with Gasteiger partial charge in [0.15, 0.2) is 5.16 Å². The Hall–Kier alpha value is -2.53. The zero-order valence-electron chi connectivity index (χ0n) is 13.6. The first kappa shape index (κ1) is 15.0. The van der Waals surface area contributed by atoms with Gasteiger partial charge >= 0.3 is 0 Å². The SMILES string of the molecule is CSc1nccn1C(c1ccccc1)c1ccc2nc(C)[nH]c2c1. The van der Waals surface area contributed by atoms with Gasteiger partial charge in [-0.3, -0.25) is 0 Å². The van der Waals surface area contributed by atoms with Crippen molar-refractivity contribution in [3.8, 4) is 0 Å².